The molecule has 2 fully saturated rings. The van der Waals surface area contributed by atoms with Crippen LogP contribution >= 0.6 is 0 Å². The highest BCUT2D eigenvalue weighted by Crippen LogP contribution is 2.38. The van der Waals surface area contributed by atoms with Crippen LogP contribution in [0.15, 0.2) is 30.5 Å². The molecule has 1 atom stereocenters. The van der Waals surface area contributed by atoms with Crippen LogP contribution in [0, 0.1) is 0 Å². The third-order valence-corrected chi connectivity index (χ3v) is 9.83. The molecule has 1 unspecified atom stereocenters. The molecule has 2 aliphatic heterocycles. The minimum Gasteiger partial charge on any atom is -0.377 e. The summed E-state index contributed by atoms with van der Waals surface area (Å²) in [4.78, 5) is 15.6. The predicted octanol–water partition coefficient (Wildman–Crippen LogP) is 3.83. The first kappa shape index (κ1) is 22.0. The fraction of sp³-hybridized carbons (Fsp3) is 0.520. The van der Waals surface area contributed by atoms with Crippen molar-refractivity contribution in [2.45, 2.75) is 63.4 Å². The van der Waals surface area contributed by atoms with E-state index in [1.54, 1.807) is 4.31 Å². The maximum atomic E-state index is 13.5. The molecule has 1 N–H and O–H groups in total. The Morgan fingerprint density at radius 3 is 2.74 bits per heavy atom. The van der Waals surface area contributed by atoms with Gasteiger partial charge in [-0.3, -0.25) is 0 Å². The molecule has 1 saturated carbocycles. The molecular weight excluding hydrogens is 450 g/mol. The standard InChI is InChI=1S/C25H31N5O3S/c1-17-16-33-12-11-30(17)25-21-14-29(34(31,32)18-7-3-2-4-8-18)15-23(21)27-24(28-25)20-13-26-22-10-6-5-9-19(20)22/h5-6,9-10,13,17-18,26H,2-4,7-8,11-12,14-16H2,1H3. The van der Waals surface area contributed by atoms with Crippen LogP contribution in [-0.2, 0) is 27.8 Å². The van der Waals surface area contributed by atoms with Gasteiger partial charge in [0.1, 0.15) is 5.82 Å². The van der Waals surface area contributed by atoms with Gasteiger partial charge in [-0.1, -0.05) is 37.5 Å². The fourth-order valence-corrected chi connectivity index (χ4v) is 7.58. The lowest BCUT2D eigenvalue weighted by Crippen LogP contribution is -2.44. The second kappa shape index (κ2) is 8.62. The van der Waals surface area contributed by atoms with Gasteiger partial charge >= 0.3 is 0 Å². The van der Waals surface area contributed by atoms with E-state index in [-0.39, 0.29) is 11.3 Å². The molecule has 8 nitrogen and oxygen atoms in total. The van der Waals surface area contributed by atoms with Crippen LogP contribution in [0.25, 0.3) is 22.3 Å². The zero-order chi connectivity index (χ0) is 23.3. The molecule has 6 rings (SSSR count). The summed E-state index contributed by atoms with van der Waals surface area (Å²) in [6, 6.07) is 8.27. The van der Waals surface area contributed by atoms with Gasteiger partial charge in [-0.2, -0.15) is 4.31 Å². The third-order valence-electron chi connectivity index (χ3n) is 7.53. The zero-order valence-electron chi connectivity index (χ0n) is 19.5. The molecule has 1 aromatic carbocycles. The summed E-state index contributed by atoms with van der Waals surface area (Å²) < 4.78 is 34.4. The number of morpholine rings is 1. The monoisotopic (exact) mass is 481 g/mol. The largest absolute Gasteiger partial charge is 0.377 e. The van der Waals surface area contributed by atoms with E-state index >= 15 is 0 Å². The average molecular weight is 482 g/mol. The summed E-state index contributed by atoms with van der Waals surface area (Å²) in [6.45, 7) is 4.79. The van der Waals surface area contributed by atoms with E-state index in [0.29, 0.717) is 32.1 Å². The van der Waals surface area contributed by atoms with Gasteiger partial charge in [0.2, 0.25) is 10.0 Å². The summed E-state index contributed by atoms with van der Waals surface area (Å²) in [5.41, 5.74) is 3.73. The Balaban J connectivity index is 1.43. The minimum atomic E-state index is -3.38. The lowest BCUT2D eigenvalue weighted by molar-refractivity contribution is 0.0984. The minimum absolute atomic E-state index is 0.160. The Morgan fingerprint density at radius 2 is 1.91 bits per heavy atom. The number of para-hydroxylation sites is 1. The molecule has 4 heterocycles. The number of nitrogens with zero attached hydrogens (tertiary/aromatic N) is 4. The quantitative estimate of drug-likeness (QED) is 0.609. The van der Waals surface area contributed by atoms with Gasteiger partial charge in [-0.15, -0.1) is 0 Å². The van der Waals surface area contributed by atoms with Gasteiger partial charge in [0.15, 0.2) is 5.82 Å². The van der Waals surface area contributed by atoms with E-state index < -0.39 is 10.0 Å². The van der Waals surface area contributed by atoms with Crippen molar-refractivity contribution in [2.75, 3.05) is 24.7 Å². The molecule has 0 amide bonds. The molecule has 0 bridgehead atoms. The molecule has 9 heteroatoms. The van der Waals surface area contributed by atoms with E-state index in [4.69, 9.17) is 14.7 Å². The lowest BCUT2D eigenvalue weighted by atomic mass is 10.0. The van der Waals surface area contributed by atoms with Gasteiger partial charge < -0.3 is 14.6 Å². The van der Waals surface area contributed by atoms with E-state index in [9.17, 15) is 8.42 Å². The highest BCUT2D eigenvalue weighted by Gasteiger charge is 2.39. The van der Waals surface area contributed by atoms with Crippen molar-refractivity contribution in [1.82, 2.24) is 19.3 Å². The second-order valence-corrected chi connectivity index (χ2v) is 11.9. The van der Waals surface area contributed by atoms with Crippen LogP contribution in [0.1, 0.15) is 50.3 Å². The van der Waals surface area contributed by atoms with Gasteiger partial charge in [-0.05, 0) is 25.8 Å². The number of sulfonamides is 1. The van der Waals surface area contributed by atoms with Gasteiger partial charge in [0.25, 0.3) is 0 Å². The summed E-state index contributed by atoms with van der Waals surface area (Å²) in [6.07, 6.45) is 6.58. The number of benzene rings is 1. The molecule has 1 aliphatic carbocycles. The Labute approximate surface area is 200 Å². The van der Waals surface area contributed by atoms with Crippen LogP contribution in [0.5, 0.6) is 0 Å². The van der Waals surface area contributed by atoms with Crippen molar-refractivity contribution in [1.29, 1.82) is 0 Å². The van der Waals surface area contributed by atoms with Crippen molar-refractivity contribution in [2.24, 2.45) is 0 Å². The van der Waals surface area contributed by atoms with E-state index in [1.807, 2.05) is 24.4 Å². The first-order chi connectivity index (χ1) is 16.5. The molecule has 180 valence electrons. The maximum Gasteiger partial charge on any atom is 0.217 e. The van der Waals surface area contributed by atoms with Gasteiger partial charge in [0, 0.05) is 41.3 Å². The van der Waals surface area contributed by atoms with E-state index in [0.717, 1.165) is 72.2 Å². The molecule has 2 aromatic heterocycles. The van der Waals surface area contributed by atoms with Crippen molar-refractivity contribution in [3.63, 3.8) is 0 Å². The number of hydrogen-bond donors (Lipinski definition) is 1. The number of aromatic nitrogens is 3. The topological polar surface area (TPSA) is 91.4 Å². The second-order valence-electron chi connectivity index (χ2n) is 9.73. The Morgan fingerprint density at radius 1 is 1.09 bits per heavy atom. The number of ether oxygens (including phenoxy) is 1. The first-order valence-electron chi connectivity index (χ1n) is 12.3. The fourth-order valence-electron chi connectivity index (χ4n) is 5.62. The maximum absolute atomic E-state index is 13.5. The summed E-state index contributed by atoms with van der Waals surface area (Å²) in [5.74, 6) is 1.49. The number of fused-ring (bicyclic) bond motifs is 2. The Kier molecular flexibility index (Phi) is 5.58. The van der Waals surface area contributed by atoms with Crippen LogP contribution < -0.4 is 4.90 Å². The number of aromatic amines is 1. The van der Waals surface area contributed by atoms with Gasteiger partial charge in [-0.25, -0.2) is 18.4 Å². The van der Waals surface area contributed by atoms with Crippen molar-refractivity contribution >= 4 is 26.7 Å². The highest BCUT2D eigenvalue weighted by molar-refractivity contribution is 7.89. The normalized spacial score (nSPS) is 22.4. The number of hydrogen-bond acceptors (Lipinski definition) is 6. The van der Waals surface area contributed by atoms with Crippen molar-refractivity contribution in [3.05, 3.63) is 41.7 Å². The SMILES string of the molecule is CC1COCCN1c1nc(-c2c[nH]c3ccccc23)nc2c1CN(S(=O)(=O)C1CCCCC1)C2. The molecular formula is C25H31N5O3S. The van der Waals surface area contributed by atoms with Crippen LogP contribution in [-0.4, -0.2) is 58.7 Å². The Bertz CT molecular complexity index is 1320. The molecule has 34 heavy (non-hydrogen) atoms. The highest BCUT2D eigenvalue weighted by atomic mass is 32.2. The predicted molar refractivity (Wildman–Crippen MR) is 132 cm³/mol. The zero-order valence-corrected chi connectivity index (χ0v) is 20.4. The third kappa shape index (κ3) is 3.70. The summed E-state index contributed by atoms with van der Waals surface area (Å²) in [7, 11) is -3.38. The molecule has 3 aliphatic rings. The van der Waals surface area contributed by atoms with E-state index in [1.165, 1.54) is 0 Å². The van der Waals surface area contributed by atoms with Gasteiger partial charge in [0.05, 0.1) is 36.7 Å². The molecule has 1 saturated heterocycles. The molecule has 3 aromatic rings. The molecule has 0 spiro atoms. The lowest BCUT2D eigenvalue weighted by Gasteiger charge is -2.35. The number of anilines is 1. The number of nitrogens with one attached hydrogen (secondary N) is 1. The summed E-state index contributed by atoms with van der Waals surface area (Å²) in [5, 5.41) is 0.787. The number of H-pyrrole nitrogens is 1. The smallest absolute Gasteiger partial charge is 0.217 e. The number of rotatable bonds is 4. The van der Waals surface area contributed by atoms with Crippen LogP contribution in [0.4, 0.5) is 5.82 Å². The molecule has 0 radical (unpaired) electrons. The van der Waals surface area contributed by atoms with Crippen molar-refractivity contribution in [3.8, 4) is 11.4 Å². The van der Waals surface area contributed by atoms with Crippen LogP contribution in [0.2, 0.25) is 0 Å². The Hall–Kier alpha value is -2.49. The average Bonchev–Trinajstić information content (AvgIpc) is 3.49. The summed E-state index contributed by atoms with van der Waals surface area (Å²) >= 11 is 0. The first-order valence-corrected chi connectivity index (χ1v) is 13.8. The van der Waals surface area contributed by atoms with E-state index in [2.05, 4.69) is 22.9 Å². The van der Waals surface area contributed by atoms with Crippen molar-refractivity contribution < 1.29 is 13.2 Å². The van der Waals surface area contributed by atoms with Crippen LogP contribution in [0.3, 0.4) is 0 Å².